The van der Waals surface area contributed by atoms with Crippen LogP contribution in [0.15, 0.2) is 12.2 Å². The Morgan fingerprint density at radius 1 is 0.917 bits per heavy atom. The fourth-order valence-corrected chi connectivity index (χ4v) is 2.82. The molecule has 1 unspecified atom stereocenters. The molecule has 0 fully saturated rings. The first kappa shape index (κ1) is 23.2. The molecule has 0 rings (SSSR count). The highest BCUT2D eigenvalue weighted by Crippen LogP contribution is 2.12. The van der Waals surface area contributed by atoms with Crippen LogP contribution in [0.5, 0.6) is 0 Å². The molecule has 1 atom stereocenters. The summed E-state index contributed by atoms with van der Waals surface area (Å²) < 4.78 is 4.92. The molecule has 0 bridgehead atoms. The zero-order chi connectivity index (χ0) is 17.9. The van der Waals surface area contributed by atoms with Gasteiger partial charge in [-0.25, -0.2) is 0 Å². The monoisotopic (exact) mass is 340 g/mol. The van der Waals surface area contributed by atoms with Crippen LogP contribution in [0.2, 0.25) is 0 Å². The van der Waals surface area contributed by atoms with Gasteiger partial charge in [-0.05, 0) is 32.6 Å². The van der Waals surface area contributed by atoms with Crippen LogP contribution in [-0.2, 0) is 9.53 Å². The van der Waals surface area contributed by atoms with Gasteiger partial charge in [-0.1, -0.05) is 76.9 Å². The van der Waals surface area contributed by atoms with E-state index >= 15 is 0 Å². The third-order valence-electron chi connectivity index (χ3n) is 4.25. The maximum atomic E-state index is 11.2. The van der Waals surface area contributed by atoms with Crippen molar-refractivity contribution in [1.29, 1.82) is 0 Å². The molecular weight excluding hydrogens is 300 g/mol. The minimum absolute atomic E-state index is 0.0489. The first-order valence-electron chi connectivity index (χ1n) is 10.2. The molecule has 0 spiro atoms. The Hall–Kier alpha value is -0.830. The van der Waals surface area contributed by atoms with E-state index in [1.165, 1.54) is 51.4 Å². The molecule has 0 aromatic rings. The van der Waals surface area contributed by atoms with Gasteiger partial charge in [-0.3, -0.25) is 4.79 Å². The molecule has 0 radical (unpaired) electrons. The van der Waals surface area contributed by atoms with Gasteiger partial charge in [0.1, 0.15) is 0 Å². The van der Waals surface area contributed by atoms with Crippen molar-refractivity contribution in [1.82, 2.24) is 0 Å². The number of rotatable bonds is 17. The highest BCUT2D eigenvalue weighted by molar-refractivity contribution is 5.69. The second-order valence-electron chi connectivity index (χ2n) is 6.66. The minimum atomic E-state index is -0.243. The average Bonchev–Trinajstić information content (AvgIpc) is 2.55. The van der Waals surface area contributed by atoms with Crippen LogP contribution in [0.1, 0.15) is 104 Å². The highest BCUT2D eigenvalue weighted by Gasteiger charge is 2.00. The van der Waals surface area contributed by atoms with Gasteiger partial charge >= 0.3 is 5.97 Å². The van der Waals surface area contributed by atoms with Gasteiger partial charge in [0.15, 0.2) is 0 Å². The molecule has 0 aliphatic rings. The summed E-state index contributed by atoms with van der Waals surface area (Å²) in [6, 6.07) is 0. The van der Waals surface area contributed by atoms with Crippen LogP contribution in [0.25, 0.3) is 0 Å². The summed E-state index contributed by atoms with van der Waals surface area (Å²) in [5.74, 6) is -0.0489. The molecule has 0 heterocycles. The number of unbranched alkanes of at least 4 members (excludes halogenated alkanes) is 10. The Labute approximate surface area is 149 Å². The van der Waals surface area contributed by atoms with Crippen LogP contribution in [-0.4, -0.2) is 23.8 Å². The van der Waals surface area contributed by atoms with Crippen molar-refractivity contribution < 1.29 is 14.6 Å². The van der Waals surface area contributed by atoms with Crippen LogP contribution >= 0.6 is 0 Å². The maximum Gasteiger partial charge on any atom is 0.305 e. The lowest BCUT2D eigenvalue weighted by Gasteiger charge is -2.03. The van der Waals surface area contributed by atoms with Crippen molar-refractivity contribution in [3.8, 4) is 0 Å². The van der Waals surface area contributed by atoms with Gasteiger partial charge in [0, 0.05) is 6.42 Å². The smallest absolute Gasteiger partial charge is 0.305 e. The van der Waals surface area contributed by atoms with Crippen LogP contribution in [0.4, 0.5) is 0 Å². The molecule has 24 heavy (non-hydrogen) atoms. The van der Waals surface area contributed by atoms with Gasteiger partial charge in [-0.2, -0.15) is 0 Å². The van der Waals surface area contributed by atoms with E-state index in [-0.39, 0.29) is 12.1 Å². The Morgan fingerprint density at radius 2 is 1.46 bits per heavy atom. The molecule has 3 nitrogen and oxygen atoms in total. The van der Waals surface area contributed by atoms with Crippen molar-refractivity contribution in [3.63, 3.8) is 0 Å². The van der Waals surface area contributed by atoms with Gasteiger partial charge in [0.05, 0.1) is 12.7 Å². The second kappa shape index (κ2) is 18.5. The summed E-state index contributed by atoms with van der Waals surface area (Å²) in [4.78, 5) is 11.2. The minimum Gasteiger partial charge on any atom is -0.466 e. The molecule has 1 N–H and O–H groups in total. The largest absolute Gasteiger partial charge is 0.466 e. The number of hydrogen-bond acceptors (Lipinski definition) is 3. The van der Waals surface area contributed by atoms with Crippen molar-refractivity contribution >= 4 is 5.97 Å². The first-order chi connectivity index (χ1) is 11.7. The third-order valence-corrected chi connectivity index (χ3v) is 4.25. The van der Waals surface area contributed by atoms with E-state index in [9.17, 15) is 9.90 Å². The molecule has 0 aromatic heterocycles. The summed E-state index contributed by atoms with van der Waals surface area (Å²) in [6.07, 6.45) is 19.9. The molecular formula is C21H40O3. The summed E-state index contributed by atoms with van der Waals surface area (Å²) in [7, 11) is 0. The molecule has 142 valence electrons. The first-order valence-corrected chi connectivity index (χ1v) is 10.2. The molecule has 0 saturated heterocycles. The zero-order valence-electron chi connectivity index (χ0n) is 16.1. The number of allylic oxidation sites excluding steroid dienone is 1. The SMILES string of the molecule is CCCC(O)C=CCCCCCCCCCCCCC(=O)OCC. The van der Waals surface area contributed by atoms with Crippen LogP contribution in [0.3, 0.4) is 0 Å². The highest BCUT2D eigenvalue weighted by atomic mass is 16.5. The van der Waals surface area contributed by atoms with Gasteiger partial charge in [-0.15, -0.1) is 0 Å². The number of carbonyl (C=O) groups is 1. The predicted octanol–water partition coefficient (Wildman–Crippen LogP) is 5.95. The summed E-state index contributed by atoms with van der Waals surface area (Å²) in [6.45, 7) is 4.45. The number of ether oxygens (including phenoxy) is 1. The van der Waals surface area contributed by atoms with Gasteiger partial charge in [0.25, 0.3) is 0 Å². The van der Waals surface area contributed by atoms with E-state index in [2.05, 4.69) is 13.0 Å². The van der Waals surface area contributed by atoms with E-state index in [1.807, 2.05) is 13.0 Å². The average molecular weight is 341 g/mol. The summed E-state index contributed by atoms with van der Waals surface area (Å²) in [5, 5.41) is 9.57. The van der Waals surface area contributed by atoms with Crippen molar-refractivity contribution in [3.05, 3.63) is 12.2 Å². The lowest BCUT2D eigenvalue weighted by Crippen LogP contribution is -2.03. The Bertz CT molecular complexity index is 299. The van der Waals surface area contributed by atoms with Crippen molar-refractivity contribution in [2.75, 3.05) is 6.61 Å². The molecule has 0 amide bonds. The Balaban J connectivity index is 3.16. The molecule has 0 aromatic carbocycles. The van der Waals surface area contributed by atoms with Crippen molar-refractivity contribution in [2.24, 2.45) is 0 Å². The topological polar surface area (TPSA) is 46.5 Å². The van der Waals surface area contributed by atoms with Gasteiger partial charge < -0.3 is 9.84 Å². The quantitative estimate of drug-likeness (QED) is 0.202. The molecule has 3 heteroatoms. The standard InChI is InChI=1S/C21H40O3/c1-3-17-20(22)18-15-13-11-9-7-5-6-8-10-12-14-16-19-21(23)24-4-2/h15,18,20,22H,3-14,16-17,19H2,1-2H3. The number of hydrogen-bond donors (Lipinski definition) is 1. The zero-order valence-corrected chi connectivity index (χ0v) is 16.1. The van der Waals surface area contributed by atoms with E-state index in [0.29, 0.717) is 13.0 Å². The van der Waals surface area contributed by atoms with E-state index in [4.69, 9.17) is 4.74 Å². The fourth-order valence-electron chi connectivity index (χ4n) is 2.82. The van der Waals surface area contributed by atoms with E-state index in [0.717, 1.165) is 32.1 Å². The number of carbonyl (C=O) groups excluding carboxylic acids is 1. The van der Waals surface area contributed by atoms with E-state index < -0.39 is 0 Å². The lowest BCUT2D eigenvalue weighted by atomic mass is 10.0. The molecule has 0 aliphatic heterocycles. The number of esters is 1. The summed E-state index contributed by atoms with van der Waals surface area (Å²) >= 11 is 0. The Kier molecular flexibility index (Phi) is 17.9. The van der Waals surface area contributed by atoms with Crippen LogP contribution in [0, 0.1) is 0 Å². The maximum absolute atomic E-state index is 11.2. The molecule has 0 saturated carbocycles. The predicted molar refractivity (Wildman–Crippen MR) is 102 cm³/mol. The normalized spacial score (nSPS) is 12.6. The van der Waals surface area contributed by atoms with E-state index in [1.54, 1.807) is 0 Å². The number of aliphatic hydroxyl groups excluding tert-OH is 1. The lowest BCUT2D eigenvalue weighted by molar-refractivity contribution is -0.143. The van der Waals surface area contributed by atoms with Crippen LogP contribution < -0.4 is 0 Å². The van der Waals surface area contributed by atoms with Crippen molar-refractivity contribution in [2.45, 2.75) is 110 Å². The fraction of sp³-hybridized carbons (Fsp3) is 0.857. The Morgan fingerprint density at radius 3 is 2.00 bits per heavy atom. The summed E-state index contributed by atoms with van der Waals surface area (Å²) in [5.41, 5.74) is 0. The number of aliphatic hydroxyl groups is 1. The second-order valence-corrected chi connectivity index (χ2v) is 6.66. The van der Waals surface area contributed by atoms with Gasteiger partial charge in [0.2, 0.25) is 0 Å². The molecule has 0 aliphatic carbocycles. The third kappa shape index (κ3) is 17.5.